The van der Waals surface area contributed by atoms with E-state index in [1.54, 1.807) is 6.07 Å². The molecule has 0 radical (unpaired) electrons. The number of aromatic nitrogens is 2. The molecule has 0 saturated carbocycles. The second-order valence-corrected chi connectivity index (χ2v) is 11.1. The summed E-state index contributed by atoms with van der Waals surface area (Å²) in [5.41, 5.74) is 1.95. The molecule has 3 aromatic carbocycles. The van der Waals surface area contributed by atoms with Crippen LogP contribution in [0.3, 0.4) is 0 Å². The maximum Gasteiger partial charge on any atom is 0.416 e. The van der Waals surface area contributed by atoms with E-state index in [-0.39, 0.29) is 5.75 Å². The van der Waals surface area contributed by atoms with Crippen LogP contribution < -0.4 is 9.47 Å². The number of unbranched alkanes of at least 4 members (excludes halogenated alkanes) is 2. The minimum atomic E-state index is -4.43. The van der Waals surface area contributed by atoms with E-state index in [1.807, 2.05) is 30.3 Å². The molecular formula is C34H41F3N4O2. The molecule has 0 atom stereocenters. The van der Waals surface area contributed by atoms with Crippen LogP contribution in [0.1, 0.15) is 45.1 Å². The van der Waals surface area contributed by atoms with Crippen molar-refractivity contribution in [3.05, 3.63) is 72.3 Å². The molecule has 9 heteroatoms. The van der Waals surface area contributed by atoms with Gasteiger partial charge in [0.1, 0.15) is 29.7 Å². The Bertz CT molecular complexity index is 1480. The fourth-order valence-electron chi connectivity index (χ4n) is 5.44. The van der Waals surface area contributed by atoms with Crippen molar-refractivity contribution in [1.29, 1.82) is 0 Å². The van der Waals surface area contributed by atoms with E-state index in [0.29, 0.717) is 12.4 Å². The lowest BCUT2D eigenvalue weighted by atomic mass is 10.2. The molecule has 1 fully saturated rings. The molecule has 6 nitrogen and oxygen atoms in total. The maximum absolute atomic E-state index is 13.2. The predicted molar refractivity (Wildman–Crippen MR) is 165 cm³/mol. The molecule has 230 valence electrons. The maximum atomic E-state index is 13.2. The summed E-state index contributed by atoms with van der Waals surface area (Å²) >= 11 is 0. The number of benzene rings is 3. The lowest BCUT2D eigenvalue weighted by Gasteiger charge is -2.34. The topological polar surface area (TPSA) is 42.8 Å². The zero-order chi connectivity index (χ0) is 30.2. The number of hydrogen-bond acceptors (Lipinski definition) is 5. The van der Waals surface area contributed by atoms with Gasteiger partial charge in [-0.3, -0.25) is 4.90 Å². The highest BCUT2D eigenvalue weighted by atomic mass is 19.4. The van der Waals surface area contributed by atoms with Gasteiger partial charge in [0.05, 0.1) is 16.6 Å². The van der Waals surface area contributed by atoms with Gasteiger partial charge >= 0.3 is 6.18 Å². The van der Waals surface area contributed by atoms with Crippen molar-refractivity contribution in [1.82, 2.24) is 19.4 Å². The quantitative estimate of drug-likeness (QED) is 0.156. The van der Waals surface area contributed by atoms with Gasteiger partial charge in [0.15, 0.2) is 0 Å². The van der Waals surface area contributed by atoms with Crippen LogP contribution in [0.15, 0.2) is 66.7 Å². The highest BCUT2D eigenvalue weighted by Crippen LogP contribution is 2.34. The van der Waals surface area contributed by atoms with Crippen molar-refractivity contribution in [3.63, 3.8) is 0 Å². The minimum Gasteiger partial charge on any atom is -0.492 e. The Morgan fingerprint density at radius 1 is 0.744 bits per heavy atom. The van der Waals surface area contributed by atoms with Crippen LogP contribution in [0.2, 0.25) is 0 Å². The van der Waals surface area contributed by atoms with Gasteiger partial charge in [-0.15, -0.1) is 0 Å². The predicted octanol–water partition coefficient (Wildman–Crippen LogP) is 8.11. The first-order valence-electron chi connectivity index (χ1n) is 15.4. The third-order valence-electron chi connectivity index (χ3n) is 7.91. The smallest absolute Gasteiger partial charge is 0.416 e. The molecule has 0 bridgehead atoms. The van der Waals surface area contributed by atoms with Crippen molar-refractivity contribution >= 4 is 11.0 Å². The van der Waals surface area contributed by atoms with E-state index in [9.17, 15) is 13.2 Å². The third-order valence-corrected chi connectivity index (χ3v) is 7.91. The average molecular weight is 595 g/mol. The minimum absolute atomic E-state index is 0.131. The fourth-order valence-corrected chi connectivity index (χ4v) is 5.44. The number of ether oxygens (including phenoxy) is 2. The highest BCUT2D eigenvalue weighted by molar-refractivity contribution is 5.82. The van der Waals surface area contributed by atoms with E-state index in [1.165, 1.54) is 31.5 Å². The highest BCUT2D eigenvalue weighted by Gasteiger charge is 2.30. The molecule has 2 heterocycles. The Balaban J connectivity index is 1.30. The Hall–Kier alpha value is -3.56. The molecule has 5 rings (SSSR count). The van der Waals surface area contributed by atoms with Gasteiger partial charge in [0, 0.05) is 50.9 Å². The molecule has 43 heavy (non-hydrogen) atoms. The lowest BCUT2D eigenvalue weighted by Crippen LogP contribution is -2.47. The number of hydrogen-bond donors (Lipinski definition) is 0. The van der Waals surface area contributed by atoms with Crippen molar-refractivity contribution in [3.8, 4) is 28.6 Å². The summed E-state index contributed by atoms with van der Waals surface area (Å²) in [6.45, 7) is 12.3. The SMILES string of the molecule is CCCCN1CCN(CCOc2ccc3nc(-c4cccc(Oc5cccc(C(F)(F)F)c5)c4)n(CCCC)c3c2)CC1. The fraction of sp³-hybridized carbons (Fsp3) is 0.441. The van der Waals surface area contributed by atoms with Gasteiger partial charge in [-0.05, 0) is 61.9 Å². The first-order valence-corrected chi connectivity index (χ1v) is 15.4. The summed E-state index contributed by atoms with van der Waals surface area (Å²) in [6, 6.07) is 18.3. The van der Waals surface area contributed by atoms with Crippen LogP contribution in [0.4, 0.5) is 13.2 Å². The third kappa shape index (κ3) is 8.09. The van der Waals surface area contributed by atoms with Crippen LogP contribution in [0, 0.1) is 0 Å². The molecule has 0 spiro atoms. The molecule has 0 N–H and O–H groups in total. The van der Waals surface area contributed by atoms with Crippen LogP contribution in [0.25, 0.3) is 22.4 Å². The summed E-state index contributed by atoms with van der Waals surface area (Å²) in [4.78, 5) is 9.97. The zero-order valence-corrected chi connectivity index (χ0v) is 25.1. The Morgan fingerprint density at radius 3 is 2.14 bits per heavy atom. The average Bonchev–Trinajstić information content (AvgIpc) is 3.37. The number of alkyl halides is 3. The first kappa shape index (κ1) is 30.9. The first-order chi connectivity index (χ1) is 20.8. The van der Waals surface area contributed by atoms with Crippen LogP contribution in [0.5, 0.6) is 17.2 Å². The Morgan fingerprint density at radius 2 is 1.42 bits per heavy atom. The second-order valence-electron chi connectivity index (χ2n) is 11.1. The van der Waals surface area contributed by atoms with Gasteiger partial charge < -0.3 is 18.9 Å². The summed E-state index contributed by atoms with van der Waals surface area (Å²) in [5, 5.41) is 0. The van der Waals surface area contributed by atoms with Gasteiger partial charge in [-0.2, -0.15) is 13.2 Å². The van der Waals surface area contributed by atoms with E-state index >= 15 is 0 Å². The van der Waals surface area contributed by atoms with Crippen molar-refractivity contribution in [2.75, 3.05) is 45.9 Å². The largest absolute Gasteiger partial charge is 0.492 e. The number of piperazine rings is 1. The molecule has 4 aromatic rings. The number of imidazole rings is 1. The zero-order valence-electron chi connectivity index (χ0n) is 25.1. The monoisotopic (exact) mass is 594 g/mol. The Labute approximate surface area is 252 Å². The molecule has 1 aliphatic heterocycles. The number of nitrogens with zero attached hydrogens (tertiary/aromatic N) is 4. The standard InChI is InChI=1S/C34H41F3N4O2/c1-3-5-15-39-17-19-40(20-18-39)21-22-42-28-13-14-31-32(25-28)41(16-6-4-2)33(38-31)26-9-7-11-29(23-26)43-30-12-8-10-27(24-30)34(35,36)37/h7-14,23-25H,3-6,15-22H2,1-2H3. The molecule has 0 unspecified atom stereocenters. The van der Waals surface area contributed by atoms with E-state index in [2.05, 4.69) is 34.3 Å². The number of halogens is 3. The molecule has 0 amide bonds. The summed E-state index contributed by atoms with van der Waals surface area (Å²) in [5.74, 6) is 2.18. The molecular weight excluding hydrogens is 553 g/mol. The van der Waals surface area contributed by atoms with Crippen molar-refractivity contribution < 1.29 is 22.6 Å². The van der Waals surface area contributed by atoms with E-state index < -0.39 is 11.7 Å². The van der Waals surface area contributed by atoms with Gasteiger partial charge in [0.2, 0.25) is 0 Å². The second kappa shape index (κ2) is 14.3. The number of aryl methyl sites for hydroxylation is 1. The van der Waals surface area contributed by atoms with E-state index in [0.717, 1.165) is 92.4 Å². The van der Waals surface area contributed by atoms with Crippen LogP contribution >= 0.6 is 0 Å². The normalized spacial score (nSPS) is 14.8. The van der Waals surface area contributed by atoms with Gasteiger partial charge in [0.25, 0.3) is 0 Å². The Kier molecular flexibility index (Phi) is 10.3. The van der Waals surface area contributed by atoms with Crippen LogP contribution in [-0.4, -0.2) is 65.2 Å². The van der Waals surface area contributed by atoms with Crippen molar-refractivity contribution in [2.24, 2.45) is 0 Å². The van der Waals surface area contributed by atoms with Crippen molar-refractivity contribution in [2.45, 2.75) is 52.3 Å². The molecule has 1 saturated heterocycles. The molecule has 1 aliphatic rings. The summed E-state index contributed by atoms with van der Waals surface area (Å²) in [6.07, 6.45) is 0.0771. The summed E-state index contributed by atoms with van der Waals surface area (Å²) < 4.78 is 53.8. The molecule has 1 aromatic heterocycles. The molecule has 0 aliphatic carbocycles. The number of fused-ring (bicyclic) bond motifs is 1. The summed E-state index contributed by atoms with van der Waals surface area (Å²) in [7, 11) is 0. The van der Waals surface area contributed by atoms with Gasteiger partial charge in [-0.1, -0.05) is 44.9 Å². The van der Waals surface area contributed by atoms with Crippen LogP contribution in [-0.2, 0) is 12.7 Å². The lowest BCUT2D eigenvalue weighted by molar-refractivity contribution is -0.137. The van der Waals surface area contributed by atoms with E-state index in [4.69, 9.17) is 14.5 Å². The number of rotatable bonds is 13. The van der Waals surface area contributed by atoms with Gasteiger partial charge in [-0.25, -0.2) is 4.98 Å².